The Morgan fingerprint density at radius 3 is 2.34 bits per heavy atom. The summed E-state index contributed by atoms with van der Waals surface area (Å²) < 4.78 is 5.38. The molecule has 1 saturated heterocycles. The molecule has 146 valence electrons. The largest absolute Gasteiger partial charge is 0.494 e. The normalized spacial score (nSPS) is 18.5. The van der Waals surface area contributed by atoms with E-state index in [1.54, 1.807) is 48.5 Å². The Balaban J connectivity index is 1.78. The summed E-state index contributed by atoms with van der Waals surface area (Å²) in [5.74, 6) is -1.02. The van der Waals surface area contributed by atoms with Crippen molar-refractivity contribution >= 4 is 51.7 Å². The van der Waals surface area contributed by atoms with Crippen LogP contribution in [0.3, 0.4) is 0 Å². The van der Waals surface area contributed by atoms with Gasteiger partial charge in [-0.15, -0.1) is 0 Å². The highest BCUT2D eigenvalue weighted by Gasteiger charge is 2.44. The van der Waals surface area contributed by atoms with Gasteiger partial charge in [0.2, 0.25) is 5.91 Å². The molecule has 29 heavy (non-hydrogen) atoms. The average molecular weight is 408 g/mol. The molecule has 0 atom stereocenters. The highest BCUT2D eigenvalue weighted by atomic mass is 32.2. The van der Waals surface area contributed by atoms with Crippen LogP contribution in [-0.4, -0.2) is 29.6 Å². The van der Waals surface area contributed by atoms with Crippen LogP contribution >= 0.6 is 11.8 Å². The Bertz CT molecular complexity index is 1090. The molecule has 2 heterocycles. The summed E-state index contributed by atoms with van der Waals surface area (Å²) >= 11 is 0.696. The summed E-state index contributed by atoms with van der Waals surface area (Å²) in [7, 11) is 0. The lowest BCUT2D eigenvalue weighted by Gasteiger charge is -2.13. The molecule has 1 fully saturated rings. The standard InChI is InChI=1S/C21H16N2O5S/c1-3-28-14-10-8-13(9-11-14)23-20(26)18(29-21(23)27)17-15-6-4-5-7-16(15)22(12(2)24)19(17)25/h4-11H,3H2,1-2H3/b18-17-. The van der Waals surface area contributed by atoms with Gasteiger partial charge in [-0.3, -0.25) is 19.2 Å². The minimum atomic E-state index is -0.601. The van der Waals surface area contributed by atoms with Crippen LogP contribution in [0.25, 0.3) is 5.57 Å². The zero-order valence-corrected chi connectivity index (χ0v) is 16.5. The number of imide groups is 2. The van der Waals surface area contributed by atoms with E-state index in [1.807, 2.05) is 6.92 Å². The highest BCUT2D eigenvalue weighted by molar-refractivity contribution is 8.19. The van der Waals surface area contributed by atoms with E-state index in [4.69, 9.17) is 4.74 Å². The Labute approximate surface area is 170 Å². The van der Waals surface area contributed by atoms with Gasteiger partial charge in [-0.2, -0.15) is 0 Å². The molecule has 8 heteroatoms. The Kier molecular flexibility index (Phi) is 4.71. The second-order valence-electron chi connectivity index (χ2n) is 6.32. The van der Waals surface area contributed by atoms with Crippen LogP contribution in [0, 0.1) is 0 Å². The molecule has 2 aromatic rings. The molecule has 0 bridgehead atoms. The molecule has 0 aliphatic carbocycles. The van der Waals surface area contributed by atoms with Crippen molar-refractivity contribution in [3.63, 3.8) is 0 Å². The van der Waals surface area contributed by atoms with Crippen molar-refractivity contribution in [2.75, 3.05) is 16.4 Å². The minimum absolute atomic E-state index is 0.0186. The highest BCUT2D eigenvalue weighted by Crippen LogP contribution is 2.45. The van der Waals surface area contributed by atoms with Gasteiger partial charge in [0.25, 0.3) is 17.1 Å². The van der Waals surface area contributed by atoms with E-state index in [0.29, 0.717) is 41.1 Å². The van der Waals surface area contributed by atoms with E-state index in [0.717, 1.165) is 9.80 Å². The monoisotopic (exact) mass is 408 g/mol. The van der Waals surface area contributed by atoms with E-state index in [2.05, 4.69) is 0 Å². The molecule has 0 unspecified atom stereocenters. The number of hydrogen-bond donors (Lipinski definition) is 0. The molecular weight excluding hydrogens is 392 g/mol. The lowest BCUT2D eigenvalue weighted by atomic mass is 10.1. The maximum absolute atomic E-state index is 13.1. The summed E-state index contributed by atoms with van der Waals surface area (Å²) in [6.07, 6.45) is 0. The van der Waals surface area contributed by atoms with Crippen molar-refractivity contribution in [2.45, 2.75) is 13.8 Å². The lowest BCUT2D eigenvalue weighted by molar-refractivity contribution is -0.122. The van der Waals surface area contributed by atoms with Crippen molar-refractivity contribution in [1.82, 2.24) is 0 Å². The number of carbonyl (C=O) groups excluding carboxylic acids is 4. The van der Waals surface area contributed by atoms with Gasteiger partial charge in [0.15, 0.2) is 0 Å². The van der Waals surface area contributed by atoms with Crippen LogP contribution in [0.4, 0.5) is 16.2 Å². The topological polar surface area (TPSA) is 84.0 Å². The van der Waals surface area contributed by atoms with Crippen LogP contribution < -0.4 is 14.5 Å². The van der Waals surface area contributed by atoms with Crippen LogP contribution in [-0.2, 0) is 14.4 Å². The predicted molar refractivity (Wildman–Crippen MR) is 110 cm³/mol. The van der Waals surface area contributed by atoms with Gasteiger partial charge in [0, 0.05) is 12.5 Å². The van der Waals surface area contributed by atoms with Crippen LogP contribution in [0.2, 0.25) is 0 Å². The fourth-order valence-corrected chi connectivity index (χ4v) is 4.28. The van der Waals surface area contributed by atoms with Gasteiger partial charge in [-0.1, -0.05) is 18.2 Å². The molecule has 0 spiro atoms. The maximum atomic E-state index is 13.1. The van der Waals surface area contributed by atoms with Gasteiger partial charge in [-0.25, -0.2) is 9.80 Å². The zero-order chi connectivity index (χ0) is 20.7. The molecule has 2 aliphatic rings. The van der Waals surface area contributed by atoms with Gasteiger partial charge >= 0.3 is 0 Å². The number of para-hydroxylation sites is 1. The van der Waals surface area contributed by atoms with Crippen molar-refractivity contribution in [3.05, 3.63) is 59.0 Å². The number of nitrogens with zero attached hydrogens (tertiary/aromatic N) is 2. The third-order valence-corrected chi connectivity index (χ3v) is 5.49. The molecule has 0 radical (unpaired) electrons. The van der Waals surface area contributed by atoms with Crippen LogP contribution in [0.1, 0.15) is 19.4 Å². The molecular formula is C21H16N2O5S. The predicted octanol–water partition coefficient (Wildman–Crippen LogP) is 3.59. The van der Waals surface area contributed by atoms with E-state index in [9.17, 15) is 19.2 Å². The quantitative estimate of drug-likeness (QED) is 0.722. The minimum Gasteiger partial charge on any atom is -0.494 e. The summed E-state index contributed by atoms with van der Waals surface area (Å²) in [6, 6.07) is 13.3. The van der Waals surface area contributed by atoms with Gasteiger partial charge < -0.3 is 4.74 Å². The molecule has 0 aromatic heterocycles. The number of fused-ring (bicyclic) bond motifs is 1. The van der Waals surface area contributed by atoms with Gasteiger partial charge in [0.05, 0.1) is 28.5 Å². The first kappa shape index (κ1) is 18.9. The van der Waals surface area contributed by atoms with Crippen molar-refractivity contribution in [1.29, 1.82) is 0 Å². The molecule has 2 aromatic carbocycles. The smallest absolute Gasteiger partial charge is 0.298 e. The number of anilines is 2. The second kappa shape index (κ2) is 7.21. The molecule has 0 N–H and O–H groups in total. The lowest BCUT2D eigenvalue weighted by Crippen LogP contribution is -2.32. The average Bonchev–Trinajstić information content (AvgIpc) is 3.15. The number of thioether (sulfide) groups is 1. The number of carbonyl (C=O) groups is 4. The first-order valence-corrected chi connectivity index (χ1v) is 9.73. The molecule has 2 aliphatic heterocycles. The first-order chi connectivity index (χ1) is 13.9. The summed E-state index contributed by atoms with van der Waals surface area (Å²) in [4.78, 5) is 52.7. The van der Waals surface area contributed by atoms with E-state index < -0.39 is 23.0 Å². The number of ether oxygens (including phenoxy) is 1. The number of rotatable bonds is 3. The molecule has 4 rings (SSSR count). The maximum Gasteiger partial charge on any atom is 0.298 e. The summed E-state index contributed by atoms with van der Waals surface area (Å²) in [5, 5.41) is -0.506. The first-order valence-electron chi connectivity index (χ1n) is 8.92. The Hall–Kier alpha value is -3.39. The van der Waals surface area contributed by atoms with Crippen molar-refractivity contribution in [2.24, 2.45) is 0 Å². The fourth-order valence-electron chi connectivity index (χ4n) is 3.35. The van der Waals surface area contributed by atoms with Gasteiger partial charge in [0.1, 0.15) is 5.75 Å². The fraction of sp³-hybridized carbons (Fsp3) is 0.143. The van der Waals surface area contributed by atoms with E-state index in [-0.39, 0.29) is 10.5 Å². The SMILES string of the molecule is CCOc1ccc(N2C(=O)S/C(=C3\C(=O)N(C(C)=O)c4ccccc43)C2=O)cc1. The van der Waals surface area contributed by atoms with Crippen LogP contribution in [0.15, 0.2) is 53.4 Å². The molecule has 7 nitrogen and oxygen atoms in total. The second-order valence-corrected chi connectivity index (χ2v) is 7.28. The zero-order valence-electron chi connectivity index (χ0n) is 15.7. The van der Waals surface area contributed by atoms with Gasteiger partial charge in [-0.05, 0) is 49.0 Å². The number of hydrogen-bond acceptors (Lipinski definition) is 6. The molecule has 0 saturated carbocycles. The van der Waals surface area contributed by atoms with Crippen LogP contribution in [0.5, 0.6) is 5.75 Å². The van der Waals surface area contributed by atoms with Crippen molar-refractivity contribution in [3.8, 4) is 5.75 Å². The van der Waals surface area contributed by atoms with E-state index >= 15 is 0 Å². The summed E-state index contributed by atoms with van der Waals surface area (Å²) in [5.41, 5.74) is 1.33. The third kappa shape index (κ3) is 3.01. The number of benzene rings is 2. The Morgan fingerprint density at radius 1 is 1.00 bits per heavy atom. The third-order valence-electron chi connectivity index (χ3n) is 4.55. The molecule has 4 amide bonds. The van der Waals surface area contributed by atoms with E-state index in [1.165, 1.54) is 6.92 Å². The Morgan fingerprint density at radius 2 is 1.69 bits per heavy atom. The number of amides is 4. The van der Waals surface area contributed by atoms with Crippen molar-refractivity contribution < 1.29 is 23.9 Å². The summed E-state index contributed by atoms with van der Waals surface area (Å²) in [6.45, 7) is 3.64.